The Balaban J connectivity index is 3.48. The van der Waals surface area contributed by atoms with Gasteiger partial charge in [0.15, 0.2) is 0 Å². The smallest absolute Gasteiger partial charge is 0.0479 e. The number of rotatable bonds is 1. The number of alkyl halides is 1. The molecule has 2 heteroatoms. The normalized spacial score (nSPS) is 11.9. The molecule has 0 aliphatic rings. The molecule has 0 amide bonds. The fraction of sp³-hybridized carbons (Fsp3) is 0.538. The molecule has 0 atom stereocenters. The molecular weight excluding hydrogens is 272 g/mol. The summed E-state index contributed by atoms with van der Waals surface area (Å²) in [4.78, 5) is 0. The third kappa shape index (κ3) is 2.57. The van der Waals surface area contributed by atoms with E-state index in [0.717, 1.165) is 0 Å². The lowest BCUT2D eigenvalue weighted by atomic mass is 9.84. The summed E-state index contributed by atoms with van der Waals surface area (Å²) in [5.41, 5.74) is 5.33. The molecule has 1 aromatic carbocycles. The Morgan fingerprint density at radius 3 is 2.20 bits per heavy atom. The van der Waals surface area contributed by atoms with E-state index in [2.05, 4.69) is 56.6 Å². The summed E-state index contributed by atoms with van der Waals surface area (Å²) < 4.78 is 1.20. The lowest BCUT2D eigenvalue weighted by Crippen LogP contribution is -2.14. The minimum absolute atomic E-state index is 0.166. The van der Waals surface area contributed by atoms with Gasteiger partial charge in [0.2, 0.25) is 0 Å². The van der Waals surface area contributed by atoms with Crippen LogP contribution in [0.25, 0.3) is 0 Å². The molecule has 0 unspecified atom stereocenters. The van der Waals surface area contributed by atoms with Gasteiger partial charge in [-0.1, -0.05) is 42.8 Å². The van der Waals surface area contributed by atoms with E-state index in [-0.39, 0.29) is 5.41 Å². The van der Waals surface area contributed by atoms with E-state index in [1.54, 1.807) is 0 Å². The summed E-state index contributed by atoms with van der Waals surface area (Å²) in [6.07, 6.45) is 0. The second kappa shape index (κ2) is 4.47. The van der Waals surface area contributed by atoms with Crippen molar-refractivity contribution in [1.82, 2.24) is 0 Å². The highest BCUT2D eigenvalue weighted by Crippen LogP contribution is 2.35. The molecule has 1 rings (SSSR count). The van der Waals surface area contributed by atoms with Crippen molar-refractivity contribution in [2.45, 2.75) is 45.9 Å². The molecule has 0 aliphatic heterocycles. The molecule has 0 aliphatic carbocycles. The average Bonchev–Trinajstić information content (AvgIpc) is 2.10. The zero-order chi connectivity index (χ0) is 11.8. The maximum atomic E-state index is 5.96. The van der Waals surface area contributed by atoms with Crippen LogP contribution in [0.1, 0.15) is 43.0 Å². The van der Waals surface area contributed by atoms with Gasteiger partial charge in [-0.25, -0.2) is 0 Å². The molecule has 1 aromatic rings. The van der Waals surface area contributed by atoms with Gasteiger partial charge in [-0.15, -0.1) is 11.6 Å². The summed E-state index contributed by atoms with van der Waals surface area (Å²) in [5.74, 6) is 0.584. The number of aryl methyl sites for hydroxylation is 1. The topological polar surface area (TPSA) is 0 Å². The van der Waals surface area contributed by atoms with Gasteiger partial charge in [-0.2, -0.15) is 0 Å². The van der Waals surface area contributed by atoms with Crippen LogP contribution in [0.2, 0.25) is 0 Å². The van der Waals surface area contributed by atoms with Crippen LogP contribution >= 0.6 is 27.5 Å². The van der Waals surface area contributed by atoms with Gasteiger partial charge in [0.1, 0.15) is 0 Å². The van der Waals surface area contributed by atoms with Crippen molar-refractivity contribution in [3.63, 3.8) is 0 Å². The third-order valence-corrected chi connectivity index (χ3v) is 4.09. The molecule has 0 aromatic heterocycles. The van der Waals surface area contributed by atoms with Crippen molar-refractivity contribution in [3.05, 3.63) is 32.8 Å². The van der Waals surface area contributed by atoms with Gasteiger partial charge in [-0.05, 0) is 41.5 Å². The Kier molecular flexibility index (Phi) is 3.89. The summed E-state index contributed by atoms with van der Waals surface area (Å²) in [6, 6.07) is 2.24. The van der Waals surface area contributed by atoms with E-state index >= 15 is 0 Å². The minimum Gasteiger partial charge on any atom is -0.122 e. The van der Waals surface area contributed by atoms with Crippen molar-refractivity contribution in [2.75, 3.05) is 0 Å². The highest BCUT2D eigenvalue weighted by Gasteiger charge is 2.20. The van der Waals surface area contributed by atoms with Crippen LogP contribution in [0.3, 0.4) is 0 Å². The first-order valence-electron chi connectivity index (χ1n) is 5.14. The predicted molar refractivity (Wildman–Crippen MR) is 71.9 cm³/mol. The summed E-state index contributed by atoms with van der Waals surface area (Å²) in [7, 11) is 0. The minimum atomic E-state index is 0.166. The van der Waals surface area contributed by atoms with Crippen LogP contribution in [0.15, 0.2) is 10.5 Å². The third-order valence-electron chi connectivity index (χ3n) is 2.80. The van der Waals surface area contributed by atoms with Crippen LogP contribution < -0.4 is 0 Å². The summed E-state index contributed by atoms with van der Waals surface area (Å²) >= 11 is 9.64. The van der Waals surface area contributed by atoms with Gasteiger partial charge in [0, 0.05) is 10.4 Å². The van der Waals surface area contributed by atoms with Crippen molar-refractivity contribution in [3.8, 4) is 0 Å². The molecular formula is C13H18BrCl. The van der Waals surface area contributed by atoms with Crippen molar-refractivity contribution >= 4 is 27.5 Å². The van der Waals surface area contributed by atoms with E-state index < -0.39 is 0 Å². The van der Waals surface area contributed by atoms with Gasteiger partial charge in [-0.3, -0.25) is 0 Å². The maximum absolute atomic E-state index is 5.96. The van der Waals surface area contributed by atoms with Crippen molar-refractivity contribution in [1.29, 1.82) is 0 Å². The molecule has 0 saturated heterocycles. The Morgan fingerprint density at radius 1 is 1.27 bits per heavy atom. The number of benzene rings is 1. The molecule has 0 fully saturated rings. The van der Waals surface area contributed by atoms with E-state index in [1.807, 2.05) is 0 Å². The van der Waals surface area contributed by atoms with Crippen molar-refractivity contribution in [2.24, 2.45) is 0 Å². The van der Waals surface area contributed by atoms with E-state index in [0.29, 0.717) is 5.88 Å². The molecule has 0 N–H and O–H groups in total. The fourth-order valence-electron chi connectivity index (χ4n) is 1.75. The molecule has 0 nitrogen and oxygen atoms in total. The number of halogens is 2. The Bertz CT molecular complexity index is 375. The fourth-order valence-corrected chi connectivity index (χ4v) is 3.11. The molecule has 15 heavy (non-hydrogen) atoms. The van der Waals surface area contributed by atoms with Crippen LogP contribution in [0, 0.1) is 13.8 Å². The van der Waals surface area contributed by atoms with E-state index in [1.165, 1.54) is 26.7 Å². The standard InChI is InChI=1S/C13H18BrCl/c1-8-6-11(13(3,4)5)12(14)9(2)10(8)7-15/h6H,7H2,1-5H3. The second-order valence-electron chi connectivity index (χ2n) is 5.04. The van der Waals surface area contributed by atoms with Gasteiger partial charge >= 0.3 is 0 Å². The Hall–Kier alpha value is -0.0100. The SMILES string of the molecule is Cc1cc(C(C)(C)C)c(Br)c(C)c1CCl. The second-order valence-corrected chi connectivity index (χ2v) is 6.10. The van der Waals surface area contributed by atoms with Crippen LogP contribution in [0.4, 0.5) is 0 Å². The Morgan fingerprint density at radius 2 is 1.80 bits per heavy atom. The zero-order valence-electron chi connectivity index (χ0n) is 10.0. The largest absolute Gasteiger partial charge is 0.122 e. The molecule has 0 radical (unpaired) electrons. The molecule has 0 heterocycles. The first-order chi connectivity index (χ1) is 6.79. The zero-order valence-corrected chi connectivity index (χ0v) is 12.4. The van der Waals surface area contributed by atoms with E-state index in [4.69, 9.17) is 11.6 Å². The molecule has 84 valence electrons. The van der Waals surface area contributed by atoms with E-state index in [9.17, 15) is 0 Å². The van der Waals surface area contributed by atoms with Gasteiger partial charge in [0.25, 0.3) is 0 Å². The van der Waals surface area contributed by atoms with Crippen LogP contribution in [-0.2, 0) is 11.3 Å². The Labute approximate surface area is 106 Å². The van der Waals surface area contributed by atoms with Gasteiger partial charge < -0.3 is 0 Å². The monoisotopic (exact) mass is 288 g/mol. The number of hydrogen-bond donors (Lipinski definition) is 0. The van der Waals surface area contributed by atoms with Crippen LogP contribution in [0.5, 0.6) is 0 Å². The first-order valence-corrected chi connectivity index (χ1v) is 6.46. The summed E-state index contributed by atoms with van der Waals surface area (Å²) in [5, 5.41) is 0. The lowest BCUT2D eigenvalue weighted by Gasteiger charge is -2.24. The van der Waals surface area contributed by atoms with Gasteiger partial charge in [0.05, 0.1) is 0 Å². The highest BCUT2D eigenvalue weighted by atomic mass is 79.9. The number of hydrogen-bond acceptors (Lipinski definition) is 0. The average molecular weight is 290 g/mol. The summed E-state index contributed by atoms with van der Waals surface area (Å²) in [6.45, 7) is 10.9. The quantitative estimate of drug-likeness (QED) is 0.631. The highest BCUT2D eigenvalue weighted by molar-refractivity contribution is 9.10. The lowest BCUT2D eigenvalue weighted by molar-refractivity contribution is 0.585. The molecule has 0 spiro atoms. The maximum Gasteiger partial charge on any atom is 0.0479 e. The molecule has 0 bridgehead atoms. The first kappa shape index (κ1) is 13.1. The predicted octanol–water partition coefficient (Wildman–Crippen LogP) is 5.10. The van der Waals surface area contributed by atoms with Crippen molar-refractivity contribution < 1.29 is 0 Å². The molecule has 0 saturated carbocycles. The van der Waals surface area contributed by atoms with Crippen LogP contribution in [-0.4, -0.2) is 0 Å².